The zero-order chi connectivity index (χ0) is 14.8. The van der Waals surface area contributed by atoms with Crippen LogP contribution >= 0.6 is 0 Å². The van der Waals surface area contributed by atoms with E-state index >= 15 is 0 Å². The molecule has 22 heavy (non-hydrogen) atoms. The first-order chi connectivity index (χ1) is 10.9. The van der Waals surface area contributed by atoms with E-state index in [0.29, 0.717) is 12.1 Å². The van der Waals surface area contributed by atoms with E-state index < -0.39 is 0 Å². The summed E-state index contributed by atoms with van der Waals surface area (Å²) in [7, 11) is 0. The van der Waals surface area contributed by atoms with Gasteiger partial charge >= 0.3 is 0 Å². The van der Waals surface area contributed by atoms with Crippen LogP contribution in [0.5, 0.6) is 0 Å². The molecule has 2 heterocycles. The Hall–Kier alpha value is -2.14. The molecule has 1 aliphatic heterocycles. The van der Waals surface area contributed by atoms with Crippen molar-refractivity contribution in [1.82, 2.24) is 15.3 Å². The smallest absolute Gasteiger partial charge is 0.131 e. The molecule has 0 bridgehead atoms. The molecule has 1 saturated heterocycles. The molecule has 0 saturated carbocycles. The normalized spacial score (nSPS) is 20.8. The van der Waals surface area contributed by atoms with E-state index in [2.05, 4.69) is 50.2 Å². The van der Waals surface area contributed by atoms with Gasteiger partial charge in [0.25, 0.3) is 0 Å². The van der Waals surface area contributed by atoms with Crippen molar-refractivity contribution in [2.45, 2.75) is 31.3 Å². The van der Waals surface area contributed by atoms with E-state index in [1.165, 1.54) is 11.1 Å². The number of fused-ring (bicyclic) bond motifs is 1. The summed E-state index contributed by atoms with van der Waals surface area (Å²) in [6, 6.07) is 11.6. The van der Waals surface area contributed by atoms with Gasteiger partial charge in [-0.15, -0.1) is 0 Å². The van der Waals surface area contributed by atoms with Crippen molar-refractivity contribution in [1.29, 1.82) is 0 Å². The van der Waals surface area contributed by atoms with Crippen LogP contribution in [-0.2, 0) is 12.8 Å². The van der Waals surface area contributed by atoms with Crippen LogP contribution in [0.1, 0.15) is 17.5 Å². The molecular formula is C17H21N5. The molecule has 1 aliphatic carbocycles. The van der Waals surface area contributed by atoms with Crippen molar-refractivity contribution in [3.05, 3.63) is 47.8 Å². The summed E-state index contributed by atoms with van der Waals surface area (Å²) < 4.78 is 0. The molecule has 1 aromatic heterocycles. The minimum absolute atomic E-state index is 0.424. The highest BCUT2D eigenvalue weighted by molar-refractivity contribution is 5.49. The van der Waals surface area contributed by atoms with Gasteiger partial charge in [-0.3, -0.25) is 0 Å². The summed E-state index contributed by atoms with van der Waals surface area (Å²) in [5.41, 5.74) is 2.90. The third-order valence-electron chi connectivity index (χ3n) is 4.48. The molecule has 4 rings (SSSR count). The number of hydrogen-bond donors (Lipinski definition) is 3. The molecule has 2 aliphatic rings. The minimum Gasteiger partial charge on any atom is -0.367 e. The molecule has 1 aromatic carbocycles. The summed E-state index contributed by atoms with van der Waals surface area (Å²) in [5.74, 6) is 1.81. The zero-order valence-corrected chi connectivity index (χ0v) is 12.5. The van der Waals surface area contributed by atoms with E-state index in [0.717, 1.165) is 44.0 Å². The van der Waals surface area contributed by atoms with Gasteiger partial charge in [0.1, 0.15) is 18.0 Å². The molecule has 5 nitrogen and oxygen atoms in total. The van der Waals surface area contributed by atoms with Crippen LogP contribution in [0.3, 0.4) is 0 Å². The van der Waals surface area contributed by atoms with Crippen LogP contribution in [0.25, 0.3) is 0 Å². The van der Waals surface area contributed by atoms with Gasteiger partial charge in [-0.05, 0) is 36.9 Å². The lowest BCUT2D eigenvalue weighted by molar-refractivity contribution is 0.765. The van der Waals surface area contributed by atoms with Crippen LogP contribution in [0.2, 0.25) is 0 Å². The number of nitrogens with one attached hydrogen (secondary N) is 3. The predicted molar refractivity (Wildman–Crippen MR) is 88.2 cm³/mol. The third-order valence-corrected chi connectivity index (χ3v) is 4.48. The van der Waals surface area contributed by atoms with Gasteiger partial charge in [0.2, 0.25) is 0 Å². The first-order valence-corrected chi connectivity index (χ1v) is 7.99. The Balaban J connectivity index is 1.41. The summed E-state index contributed by atoms with van der Waals surface area (Å²) in [6.07, 6.45) is 4.91. The summed E-state index contributed by atoms with van der Waals surface area (Å²) >= 11 is 0. The van der Waals surface area contributed by atoms with Crippen LogP contribution < -0.4 is 16.0 Å². The van der Waals surface area contributed by atoms with E-state index in [-0.39, 0.29) is 0 Å². The molecule has 0 radical (unpaired) electrons. The highest BCUT2D eigenvalue weighted by Crippen LogP contribution is 2.24. The number of aromatic nitrogens is 2. The van der Waals surface area contributed by atoms with Gasteiger partial charge in [0.05, 0.1) is 0 Å². The van der Waals surface area contributed by atoms with Crippen molar-refractivity contribution < 1.29 is 0 Å². The van der Waals surface area contributed by atoms with Crippen molar-refractivity contribution in [2.75, 3.05) is 23.7 Å². The van der Waals surface area contributed by atoms with Gasteiger partial charge < -0.3 is 16.0 Å². The van der Waals surface area contributed by atoms with Crippen LogP contribution in [0, 0.1) is 0 Å². The molecule has 5 heteroatoms. The summed E-state index contributed by atoms with van der Waals surface area (Å²) in [4.78, 5) is 8.69. The van der Waals surface area contributed by atoms with E-state index in [1.807, 2.05) is 6.07 Å². The number of nitrogens with zero attached hydrogens (tertiary/aromatic N) is 2. The van der Waals surface area contributed by atoms with Crippen LogP contribution in [0.4, 0.5) is 11.6 Å². The number of anilines is 2. The maximum atomic E-state index is 4.36. The molecule has 1 fully saturated rings. The highest BCUT2D eigenvalue weighted by Gasteiger charge is 2.21. The predicted octanol–water partition coefficient (Wildman–Crippen LogP) is 1.83. The quantitative estimate of drug-likeness (QED) is 0.803. The molecule has 3 N–H and O–H groups in total. The SMILES string of the molecule is c1ccc2c(c1)CC(Nc1cc(NC3CCNC3)ncn1)C2. The summed E-state index contributed by atoms with van der Waals surface area (Å²) in [5, 5.41) is 10.4. The lowest BCUT2D eigenvalue weighted by Gasteiger charge is -2.15. The van der Waals surface area contributed by atoms with Crippen molar-refractivity contribution >= 4 is 11.6 Å². The third kappa shape index (κ3) is 2.90. The second kappa shape index (κ2) is 5.93. The average Bonchev–Trinajstić information content (AvgIpc) is 3.16. The van der Waals surface area contributed by atoms with Crippen molar-refractivity contribution in [2.24, 2.45) is 0 Å². The fourth-order valence-corrected chi connectivity index (χ4v) is 3.37. The Morgan fingerprint density at radius 2 is 1.64 bits per heavy atom. The number of hydrogen-bond acceptors (Lipinski definition) is 5. The lowest BCUT2D eigenvalue weighted by atomic mass is 10.1. The lowest BCUT2D eigenvalue weighted by Crippen LogP contribution is -2.23. The van der Waals surface area contributed by atoms with E-state index in [1.54, 1.807) is 6.33 Å². The Morgan fingerprint density at radius 1 is 0.955 bits per heavy atom. The molecule has 2 aromatic rings. The van der Waals surface area contributed by atoms with Crippen molar-refractivity contribution in [3.63, 3.8) is 0 Å². The molecule has 0 spiro atoms. The van der Waals surface area contributed by atoms with E-state index in [9.17, 15) is 0 Å². The molecule has 1 unspecified atom stereocenters. The fraction of sp³-hybridized carbons (Fsp3) is 0.412. The minimum atomic E-state index is 0.424. The number of rotatable bonds is 4. The maximum Gasteiger partial charge on any atom is 0.131 e. The summed E-state index contributed by atoms with van der Waals surface area (Å²) in [6.45, 7) is 2.08. The Bertz CT molecular complexity index is 626. The molecule has 0 amide bonds. The second-order valence-corrected chi connectivity index (χ2v) is 6.14. The monoisotopic (exact) mass is 295 g/mol. The Labute approximate surface area is 130 Å². The topological polar surface area (TPSA) is 61.9 Å². The van der Waals surface area contributed by atoms with Gasteiger partial charge in [-0.1, -0.05) is 24.3 Å². The van der Waals surface area contributed by atoms with Gasteiger partial charge in [0, 0.05) is 24.7 Å². The van der Waals surface area contributed by atoms with Gasteiger partial charge in [-0.25, -0.2) is 9.97 Å². The van der Waals surface area contributed by atoms with E-state index in [4.69, 9.17) is 0 Å². The molecular weight excluding hydrogens is 274 g/mol. The fourth-order valence-electron chi connectivity index (χ4n) is 3.37. The largest absolute Gasteiger partial charge is 0.367 e. The first kappa shape index (κ1) is 13.5. The molecule has 114 valence electrons. The zero-order valence-electron chi connectivity index (χ0n) is 12.5. The Kier molecular flexibility index (Phi) is 3.64. The average molecular weight is 295 g/mol. The van der Waals surface area contributed by atoms with Crippen LogP contribution in [0.15, 0.2) is 36.7 Å². The standard InChI is InChI=1S/C17H21N5/c1-2-4-13-8-15(7-12(13)3-1)22-17-9-16(19-11-20-17)21-14-5-6-18-10-14/h1-4,9,11,14-15,18H,5-8,10H2,(H2,19,20,21,22). The molecule has 1 atom stereocenters. The van der Waals surface area contributed by atoms with Crippen molar-refractivity contribution in [3.8, 4) is 0 Å². The van der Waals surface area contributed by atoms with Gasteiger partial charge in [-0.2, -0.15) is 0 Å². The van der Waals surface area contributed by atoms with Gasteiger partial charge in [0.15, 0.2) is 0 Å². The maximum absolute atomic E-state index is 4.36. The second-order valence-electron chi connectivity index (χ2n) is 6.14. The number of benzene rings is 1. The Morgan fingerprint density at radius 3 is 2.27 bits per heavy atom. The first-order valence-electron chi connectivity index (χ1n) is 7.99. The highest BCUT2D eigenvalue weighted by atomic mass is 15.1. The van der Waals surface area contributed by atoms with Crippen LogP contribution in [-0.4, -0.2) is 35.1 Å².